The van der Waals surface area contributed by atoms with Crippen molar-refractivity contribution in [3.63, 3.8) is 0 Å². The predicted octanol–water partition coefficient (Wildman–Crippen LogP) is 1.86. The minimum atomic E-state index is -0.394. The van der Waals surface area contributed by atoms with Gasteiger partial charge in [0.25, 0.3) is 0 Å². The van der Waals surface area contributed by atoms with Gasteiger partial charge in [-0.1, -0.05) is 12.1 Å². The van der Waals surface area contributed by atoms with Gasteiger partial charge in [0.15, 0.2) is 0 Å². The van der Waals surface area contributed by atoms with E-state index in [9.17, 15) is 9.18 Å². The molecular formula is C14H17FN4O2. The molecule has 0 aliphatic carbocycles. The van der Waals surface area contributed by atoms with Crippen LogP contribution in [0.3, 0.4) is 0 Å². The van der Waals surface area contributed by atoms with Crippen molar-refractivity contribution in [1.29, 1.82) is 0 Å². The Balaban J connectivity index is 2.10. The lowest BCUT2D eigenvalue weighted by Gasteiger charge is -2.19. The lowest BCUT2D eigenvalue weighted by atomic mass is 10.3. The molecule has 0 radical (unpaired) electrons. The maximum atomic E-state index is 13.6. The van der Waals surface area contributed by atoms with E-state index in [-0.39, 0.29) is 19.2 Å². The number of urea groups is 1. The number of aliphatic hydroxyl groups excluding tert-OH is 1. The van der Waals surface area contributed by atoms with Crippen LogP contribution in [0.15, 0.2) is 36.7 Å². The van der Waals surface area contributed by atoms with E-state index in [2.05, 4.69) is 10.4 Å². The number of likely N-dealkylation sites (N-methyl/N-ethyl adjacent to an activating group) is 1. The summed E-state index contributed by atoms with van der Waals surface area (Å²) in [5.41, 5.74) is 0.764. The van der Waals surface area contributed by atoms with E-state index in [0.717, 1.165) is 0 Å². The molecule has 2 amide bonds. The summed E-state index contributed by atoms with van der Waals surface area (Å²) >= 11 is 0. The molecule has 6 nitrogen and oxygen atoms in total. The Morgan fingerprint density at radius 2 is 2.24 bits per heavy atom. The highest BCUT2D eigenvalue weighted by Crippen LogP contribution is 2.15. The van der Waals surface area contributed by atoms with Crippen LogP contribution in [-0.2, 0) is 0 Å². The maximum Gasteiger partial charge on any atom is 0.322 e. The third-order valence-corrected chi connectivity index (χ3v) is 2.97. The van der Waals surface area contributed by atoms with E-state index in [1.54, 1.807) is 18.2 Å². The van der Waals surface area contributed by atoms with Crippen LogP contribution in [0.1, 0.15) is 6.92 Å². The predicted molar refractivity (Wildman–Crippen MR) is 76.9 cm³/mol. The van der Waals surface area contributed by atoms with Gasteiger partial charge >= 0.3 is 6.03 Å². The fraction of sp³-hybridized carbons (Fsp3) is 0.286. The Kier molecular flexibility index (Phi) is 4.89. The summed E-state index contributed by atoms with van der Waals surface area (Å²) in [5, 5.41) is 15.6. The van der Waals surface area contributed by atoms with Crippen molar-refractivity contribution in [2.45, 2.75) is 6.92 Å². The molecule has 2 N–H and O–H groups in total. The summed E-state index contributed by atoms with van der Waals surface area (Å²) in [4.78, 5) is 13.4. The van der Waals surface area contributed by atoms with Gasteiger partial charge < -0.3 is 15.3 Å². The Labute approximate surface area is 121 Å². The highest BCUT2D eigenvalue weighted by atomic mass is 19.1. The van der Waals surface area contributed by atoms with Crippen LogP contribution in [0.25, 0.3) is 5.69 Å². The lowest BCUT2D eigenvalue weighted by Crippen LogP contribution is -2.36. The average Bonchev–Trinajstić information content (AvgIpc) is 2.93. The number of nitrogens with zero attached hydrogens (tertiary/aromatic N) is 3. The number of hydrogen-bond acceptors (Lipinski definition) is 3. The molecule has 7 heteroatoms. The number of rotatable bonds is 5. The fourth-order valence-corrected chi connectivity index (χ4v) is 1.88. The first-order valence-corrected chi connectivity index (χ1v) is 6.62. The summed E-state index contributed by atoms with van der Waals surface area (Å²) < 4.78 is 15.0. The molecule has 0 bridgehead atoms. The Bertz CT molecular complexity index is 615. The molecule has 0 saturated carbocycles. The van der Waals surface area contributed by atoms with Gasteiger partial charge in [-0.05, 0) is 19.1 Å². The minimum Gasteiger partial charge on any atom is -0.395 e. The van der Waals surface area contributed by atoms with Crippen LogP contribution in [0.2, 0.25) is 0 Å². The van der Waals surface area contributed by atoms with Gasteiger partial charge in [0.2, 0.25) is 0 Å². The van der Waals surface area contributed by atoms with E-state index in [0.29, 0.717) is 17.9 Å². The largest absolute Gasteiger partial charge is 0.395 e. The lowest BCUT2D eigenvalue weighted by molar-refractivity contribution is 0.192. The van der Waals surface area contributed by atoms with Crippen LogP contribution in [-0.4, -0.2) is 45.5 Å². The quantitative estimate of drug-likeness (QED) is 0.883. The molecule has 1 aromatic heterocycles. The van der Waals surface area contributed by atoms with E-state index in [1.807, 2.05) is 6.92 Å². The van der Waals surface area contributed by atoms with Gasteiger partial charge in [0.1, 0.15) is 11.5 Å². The highest BCUT2D eigenvalue weighted by molar-refractivity contribution is 5.89. The highest BCUT2D eigenvalue weighted by Gasteiger charge is 2.12. The summed E-state index contributed by atoms with van der Waals surface area (Å²) in [6.07, 6.45) is 2.97. The molecule has 21 heavy (non-hydrogen) atoms. The molecule has 0 unspecified atom stereocenters. The van der Waals surface area contributed by atoms with Crippen LogP contribution in [0, 0.1) is 5.82 Å². The van der Waals surface area contributed by atoms with Gasteiger partial charge in [-0.3, -0.25) is 0 Å². The maximum absolute atomic E-state index is 13.6. The average molecular weight is 292 g/mol. The van der Waals surface area contributed by atoms with Crippen molar-refractivity contribution in [2.24, 2.45) is 0 Å². The molecule has 0 aliphatic rings. The fourth-order valence-electron chi connectivity index (χ4n) is 1.88. The molecule has 0 aliphatic heterocycles. The summed E-state index contributed by atoms with van der Waals surface area (Å²) in [6, 6.07) is 5.91. The normalized spacial score (nSPS) is 10.4. The van der Waals surface area contributed by atoms with E-state index < -0.39 is 5.82 Å². The first-order chi connectivity index (χ1) is 10.2. The van der Waals surface area contributed by atoms with Gasteiger partial charge in [-0.25, -0.2) is 13.9 Å². The minimum absolute atomic E-state index is 0.101. The van der Waals surface area contributed by atoms with Crippen LogP contribution < -0.4 is 5.32 Å². The zero-order valence-corrected chi connectivity index (χ0v) is 11.7. The second-order valence-corrected chi connectivity index (χ2v) is 4.36. The number of nitrogens with one attached hydrogen (secondary N) is 1. The number of para-hydroxylation sites is 1. The molecular weight excluding hydrogens is 275 g/mol. The van der Waals surface area contributed by atoms with Crippen LogP contribution in [0.5, 0.6) is 0 Å². The monoisotopic (exact) mass is 292 g/mol. The summed E-state index contributed by atoms with van der Waals surface area (Å²) in [6.45, 7) is 2.45. The standard InChI is InChI=1S/C14H17FN4O2/c1-2-18(7-8-20)14(21)17-11-9-16-19(10-11)13-6-4-3-5-12(13)15/h3-6,9-10,20H,2,7-8H2,1H3,(H,17,21). The number of anilines is 1. The molecule has 2 rings (SSSR count). The van der Waals surface area contributed by atoms with E-state index in [1.165, 1.54) is 28.0 Å². The molecule has 1 heterocycles. The molecule has 112 valence electrons. The van der Waals surface area contributed by atoms with Gasteiger partial charge in [0.05, 0.1) is 24.7 Å². The van der Waals surface area contributed by atoms with Crippen molar-refractivity contribution in [1.82, 2.24) is 14.7 Å². The topological polar surface area (TPSA) is 70.4 Å². The first kappa shape index (κ1) is 15.0. The number of aromatic nitrogens is 2. The molecule has 0 saturated heterocycles. The van der Waals surface area contributed by atoms with Gasteiger partial charge in [0, 0.05) is 13.1 Å². The smallest absolute Gasteiger partial charge is 0.322 e. The molecule has 0 fully saturated rings. The third kappa shape index (κ3) is 3.57. The third-order valence-electron chi connectivity index (χ3n) is 2.97. The summed E-state index contributed by atoms with van der Waals surface area (Å²) in [5.74, 6) is -0.394. The van der Waals surface area contributed by atoms with Crippen molar-refractivity contribution >= 4 is 11.7 Å². The molecule has 1 aromatic carbocycles. The SMILES string of the molecule is CCN(CCO)C(=O)Nc1cnn(-c2ccccc2F)c1. The second kappa shape index (κ2) is 6.85. The number of amides is 2. The second-order valence-electron chi connectivity index (χ2n) is 4.36. The zero-order chi connectivity index (χ0) is 15.2. The van der Waals surface area contributed by atoms with Crippen molar-refractivity contribution in [2.75, 3.05) is 25.0 Å². The van der Waals surface area contributed by atoms with Gasteiger partial charge in [-0.2, -0.15) is 5.10 Å². The van der Waals surface area contributed by atoms with Crippen molar-refractivity contribution < 1.29 is 14.3 Å². The number of halogens is 1. The molecule has 0 atom stereocenters. The Morgan fingerprint density at radius 1 is 1.48 bits per heavy atom. The first-order valence-electron chi connectivity index (χ1n) is 6.62. The summed E-state index contributed by atoms with van der Waals surface area (Å²) in [7, 11) is 0. The number of aliphatic hydroxyl groups is 1. The van der Waals surface area contributed by atoms with Crippen LogP contribution in [0.4, 0.5) is 14.9 Å². The number of carbonyl (C=O) groups is 1. The molecule has 2 aromatic rings. The van der Waals surface area contributed by atoms with E-state index in [4.69, 9.17) is 5.11 Å². The van der Waals surface area contributed by atoms with Crippen molar-refractivity contribution in [3.05, 3.63) is 42.5 Å². The molecule has 0 spiro atoms. The number of carbonyl (C=O) groups excluding carboxylic acids is 1. The van der Waals surface area contributed by atoms with Gasteiger partial charge in [-0.15, -0.1) is 0 Å². The zero-order valence-electron chi connectivity index (χ0n) is 11.7. The number of benzene rings is 1. The van der Waals surface area contributed by atoms with Crippen LogP contribution >= 0.6 is 0 Å². The Morgan fingerprint density at radius 3 is 2.90 bits per heavy atom. The van der Waals surface area contributed by atoms with Crippen molar-refractivity contribution in [3.8, 4) is 5.69 Å². The Hall–Kier alpha value is -2.41. The van der Waals surface area contributed by atoms with E-state index >= 15 is 0 Å². The number of hydrogen-bond donors (Lipinski definition) is 2.